The Labute approximate surface area is 121 Å². The number of aryl methyl sites for hydroxylation is 1. The van der Waals surface area contributed by atoms with Crippen LogP contribution in [0.5, 0.6) is 5.88 Å². The first-order chi connectivity index (χ1) is 10.2. The molecular formula is C16H14FN3O. The van der Waals surface area contributed by atoms with Gasteiger partial charge in [0, 0.05) is 5.56 Å². The molecule has 0 fully saturated rings. The number of pyridine rings is 1. The van der Waals surface area contributed by atoms with E-state index in [1.807, 2.05) is 26.0 Å². The van der Waals surface area contributed by atoms with E-state index in [0.717, 1.165) is 16.8 Å². The Hall–Kier alpha value is -2.56. The molecule has 106 valence electrons. The SMILES string of the molecule is CCOc1nc(C)nc2ccc(-c3ccc(F)cc3)nc12. The van der Waals surface area contributed by atoms with Gasteiger partial charge in [0.25, 0.3) is 0 Å². The molecule has 2 aromatic heterocycles. The van der Waals surface area contributed by atoms with E-state index in [9.17, 15) is 4.39 Å². The lowest BCUT2D eigenvalue weighted by molar-refractivity contribution is 0.329. The van der Waals surface area contributed by atoms with Crippen molar-refractivity contribution in [1.82, 2.24) is 15.0 Å². The van der Waals surface area contributed by atoms with E-state index in [1.54, 1.807) is 12.1 Å². The van der Waals surface area contributed by atoms with Crippen molar-refractivity contribution >= 4 is 11.0 Å². The summed E-state index contributed by atoms with van der Waals surface area (Å²) in [6.45, 7) is 4.22. The Morgan fingerprint density at radius 3 is 2.48 bits per heavy atom. The van der Waals surface area contributed by atoms with Crippen LogP contribution < -0.4 is 4.74 Å². The Bertz CT molecular complexity index is 787. The summed E-state index contributed by atoms with van der Waals surface area (Å²) in [4.78, 5) is 13.2. The highest BCUT2D eigenvalue weighted by Gasteiger charge is 2.10. The number of hydrogen-bond acceptors (Lipinski definition) is 4. The largest absolute Gasteiger partial charge is 0.476 e. The van der Waals surface area contributed by atoms with Crippen LogP contribution in [0.4, 0.5) is 4.39 Å². The number of hydrogen-bond donors (Lipinski definition) is 0. The summed E-state index contributed by atoms with van der Waals surface area (Å²) in [7, 11) is 0. The number of nitrogens with zero attached hydrogens (tertiary/aromatic N) is 3. The minimum absolute atomic E-state index is 0.270. The van der Waals surface area contributed by atoms with Gasteiger partial charge in [-0.15, -0.1) is 0 Å². The Morgan fingerprint density at radius 1 is 1.00 bits per heavy atom. The van der Waals surface area contributed by atoms with Crippen LogP contribution in [0.25, 0.3) is 22.3 Å². The maximum atomic E-state index is 13.0. The predicted octanol–water partition coefficient (Wildman–Crippen LogP) is 3.54. The third-order valence-electron chi connectivity index (χ3n) is 3.04. The standard InChI is InChI=1S/C16H14FN3O/c1-3-21-16-15-14(18-10(2)19-16)9-8-13(20-15)11-4-6-12(17)7-5-11/h4-9H,3H2,1-2H3. The maximum absolute atomic E-state index is 13.0. The van der Waals surface area contributed by atoms with E-state index >= 15 is 0 Å². The molecule has 0 aliphatic heterocycles. The van der Waals surface area contributed by atoms with Gasteiger partial charge in [-0.2, -0.15) is 4.98 Å². The average molecular weight is 283 g/mol. The van der Waals surface area contributed by atoms with E-state index in [1.165, 1.54) is 12.1 Å². The van der Waals surface area contributed by atoms with Crippen molar-refractivity contribution in [2.75, 3.05) is 6.61 Å². The van der Waals surface area contributed by atoms with Crippen LogP contribution in [0.1, 0.15) is 12.7 Å². The van der Waals surface area contributed by atoms with Crippen molar-refractivity contribution in [1.29, 1.82) is 0 Å². The minimum atomic E-state index is -0.270. The van der Waals surface area contributed by atoms with Crippen LogP contribution in [-0.4, -0.2) is 21.6 Å². The van der Waals surface area contributed by atoms with Gasteiger partial charge < -0.3 is 4.74 Å². The van der Waals surface area contributed by atoms with Crippen LogP contribution >= 0.6 is 0 Å². The average Bonchev–Trinajstić information content (AvgIpc) is 2.48. The minimum Gasteiger partial charge on any atom is -0.476 e. The van der Waals surface area contributed by atoms with Crippen LogP contribution in [0, 0.1) is 12.7 Å². The molecule has 1 aromatic carbocycles. The Morgan fingerprint density at radius 2 is 1.76 bits per heavy atom. The fourth-order valence-corrected chi connectivity index (χ4v) is 2.12. The number of halogens is 1. The first kappa shape index (κ1) is 13.4. The molecule has 0 aliphatic rings. The zero-order valence-corrected chi connectivity index (χ0v) is 11.8. The molecule has 3 rings (SSSR count). The van der Waals surface area contributed by atoms with Gasteiger partial charge in [0.1, 0.15) is 11.6 Å². The molecule has 2 heterocycles. The monoisotopic (exact) mass is 283 g/mol. The van der Waals surface area contributed by atoms with Gasteiger partial charge in [0.05, 0.1) is 17.8 Å². The Kier molecular flexibility index (Phi) is 3.48. The van der Waals surface area contributed by atoms with Crippen LogP contribution in [-0.2, 0) is 0 Å². The van der Waals surface area contributed by atoms with Gasteiger partial charge in [0.2, 0.25) is 5.88 Å². The molecule has 21 heavy (non-hydrogen) atoms. The summed E-state index contributed by atoms with van der Waals surface area (Å²) >= 11 is 0. The van der Waals surface area contributed by atoms with Crippen LogP contribution in [0.15, 0.2) is 36.4 Å². The van der Waals surface area contributed by atoms with Gasteiger partial charge in [-0.1, -0.05) is 0 Å². The van der Waals surface area contributed by atoms with Crippen molar-refractivity contribution in [3.05, 3.63) is 48.0 Å². The summed E-state index contributed by atoms with van der Waals surface area (Å²) in [6, 6.07) is 9.94. The van der Waals surface area contributed by atoms with Crippen molar-refractivity contribution in [3.8, 4) is 17.1 Å². The summed E-state index contributed by atoms with van der Waals surface area (Å²) < 4.78 is 18.5. The molecule has 0 N–H and O–H groups in total. The van der Waals surface area contributed by atoms with Crippen molar-refractivity contribution < 1.29 is 9.13 Å². The maximum Gasteiger partial charge on any atom is 0.243 e. The number of rotatable bonds is 3. The molecule has 0 radical (unpaired) electrons. The second kappa shape index (κ2) is 5.44. The van der Waals surface area contributed by atoms with Gasteiger partial charge in [0.15, 0.2) is 5.52 Å². The van der Waals surface area contributed by atoms with Crippen LogP contribution in [0.3, 0.4) is 0 Å². The third kappa shape index (κ3) is 2.67. The molecule has 0 saturated carbocycles. The lowest BCUT2D eigenvalue weighted by atomic mass is 10.1. The van der Waals surface area contributed by atoms with E-state index in [4.69, 9.17) is 4.74 Å². The molecule has 0 atom stereocenters. The second-order valence-electron chi connectivity index (χ2n) is 4.58. The van der Waals surface area contributed by atoms with Gasteiger partial charge in [-0.3, -0.25) is 0 Å². The summed E-state index contributed by atoms with van der Waals surface area (Å²) in [5.74, 6) is 0.847. The predicted molar refractivity (Wildman–Crippen MR) is 78.6 cm³/mol. The molecule has 0 unspecified atom stereocenters. The zero-order chi connectivity index (χ0) is 14.8. The number of aromatic nitrogens is 3. The van der Waals surface area contributed by atoms with Crippen molar-refractivity contribution in [3.63, 3.8) is 0 Å². The molecule has 0 bridgehead atoms. The normalized spacial score (nSPS) is 10.8. The van der Waals surface area contributed by atoms with E-state index in [-0.39, 0.29) is 5.82 Å². The molecule has 4 nitrogen and oxygen atoms in total. The molecule has 0 amide bonds. The fraction of sp³-hybridized carbons (Fsp3) is 0.188. The van der Waals surface area contributed by atoms with E-state index in [2.05, 4.69) is 15.0 Å². The van der Waals surface area contributed by atoms with Crippen LogP contribution in [0.2, 0.25) is 0 Å². The molecule has 0 aliphatic carbocycles. The summed E-state index contributed by atoms with van der Waals surface area (Å²) in [6.07, 6.45) is 0. The lowest BCUT2D eigenvalue weighted by Gasteiger charge is -2.08. The van der Waals surface area contributed by atoms with Crippen molar-refractivity contribution in [2.24, 2.45) is 0 Å². The molecule has 5 heteroatoms. The summed E-state index contributed by atoms with van der Waals surface area (Å²) in [5, 5.41) is 0. The van der Waals surface area contributed by atoms with Crippen molar-refractivity contribution in [2.45, 2.75) is 13.8 Å². The smallest absolute Gasteiger partial charge is 0.243 e. The highest BCUT2D eigenvalue weighted by molar-refractivity contribution is 5.82. The second-order valence-corrected chi connectivity index (χ2v) is 4.58. The molecular weight excluding hydrogens is 269 g/mol. The third-order valence-corrected chi connectivity index (χ3v) is 3.04. The highest BCUT2D eigenvalue weighted by Crippen LogP contribution is 2.25. The first-order valence-corrected chi connectivity index (χ1v) is 6.71. The number of ether oxygens (including phenoxy) is 1. The fourth-order valence-electron chi connectivity index (χ4n) is 2.12. The van der Waals surface area contributed by atoms with E-state index < -0.39 is 0 Å². The zero-order valence-electron chi connectivity index (χ0n) is 11.8. The van der Waals surface area contributed by atoms with Gasteiger partial charge in [-0.25, -0.2) is 14.4 Å². The Balaban J connectivity index is 2.16. The van der Waals surface area contributed by atoms with E-state index in [0.29, 0.717) is 23.8 Å². The van der Waals surface area contributed by atoms with Gasteiger partial charge >= 0.3 is 0 Å². The number of fused-ring (bicyclic) bond motifs is 1. The highest BCUT2D eigenvalue weighted by atomic mass is 19.1. The van der Waals surface area contributed by atoms with Gasteiger partial charge in [-0.05, 0) is 50.2 Å². The summed E-state index contributed by atoms with van der Waals surface area (Å²) in [5.41, 5.74) is 2.92. The molecule has 0 saturated heterocycles. The quantitative estimate of drug-likeness (QED) is 0.737. The lowest BCUT2D eigenvalue weighted by Crippen LogP contribution is -2.01. The topological polar surface area (TPSA) is 47.9 Å². The molecule has 3 aromatic rings. The molecule has 0 spiro atoms. The number of benzene rings is 1. The first-order valence-electron chi connectivity index (χ1n) is 6.71.